The molecular weight excluding hydrogens is 272 g/mol. The molecule has 2 rings (SSSR count). The molecule has 1 N–H and O–H groups in total. The molecule has 0 fully saturated rings. The molecule has 1 aromatic carbocycles. The van der Waals surface area contributed by atoms with Crippen LogP contribution in [0.5, 0.6) is 0 Å². The molecule has 0 amide bonds. The van der Waals surface area contributed by atoms with Gasteiger partial charge in [-0.3, -0.25) is 4.57 Å². The highest BCUT2D eigenvalue weighted by Gasteiger charge is 2.15. The van der Waals surface area contributed by atoms with Gasteiger partial charge in [-0.2, -0.15) is 0 Å². The molecule has 0 unspecified atom stereocenters. The van der Waals surface area contributed by atoms with E-state index in [0.717, 1.165) is 6.54 Å². The first kappa shape index (κ1) is 15.6. The highest BCUT2D eigenvalue weighted by atomic mass is 19.1. The van der Waals surface area contributed by atoms with Gasteiger partial charge in [0.25, 0.3) is 0 Å². The van der Waals surface area contributed by atoms with Crippen molar-refractivity contribution in [1.29, 1.82) is 0 Å². The van der Waals surface area contributed by atoms with Crippen LogP contribution in [0.3, 0.4) is 0 Å². The summed E-state index contributed by atoms with van der Waals surface area (Å²) in [6, 6.07) is 2.76. The van der Waals surface area contributed by atoms with Crippen molar-refractivity contribution in [3.8, 4) is 5.69 Å². The highest BCUT2D eigenvalue weighted by Crippen LogP contribution is 2.21. The molecule has 1 heterocycles. The summed E-state index contributed by atoms with van der Waals surface area (Å²) in [6.07, 6.45) is 3.75. The van der Waals surface area contributed by atoms with Gasteiger partial charge in [0, 0.05) is 25.4 Å². The van der Waals surface area contributed by atoms with Crippen LogP contribution in [-0.4, -0.2) is 16.1 Å². The molecule has 114 valence electrons. The zero-order valence-corrected chi connectivity index (χ0v) is 12.7. The first-order chi connectivity index (χ1) is 10.0. The van der Waals surface area contributed by atoms with Crippen LogP contribution in [0, 0.1) is 17.6 Å². The summed E-state index contributed by atoms with van der Waals surface area (Å²) in [5, 5.41) is 3.18. The number of nitrogens with zero attached hydrogens (tertiary/aromatic N) is 2. The van der Waals surface area contributed by atoms with Crippen molar-refractivity contribution in [3.05, 3.63) is 47.5 Å². The number of halogens is 2. The summed E-state index contributed by atoms with van der Waals surface area (Å²) in [7, 11) is 0. The van der Waals surface area contributed by atoms with Gasteiger partial charge in [-0.05, 0) is 30.2 Å². The van der Waals surface area contributed by atoms with Crippen molar-refractivity contribution in [3.63, 3.8) is 0 Å². The lowest BCUT2D eigenvalue weighted by Crippen LogP contribution is -2.19. The molecule has 5 heteroatoms. The van der Waals surface area contributed by atoms with Crippen LogP contribution in [-0.2, 0) is 13.0 Å². The molecule has 0 radical (unpaired) electrons. The van der Waals surface area contributed by atoms with Gasteiger partial charge in [0.15, 0.2) is 11.6 Å². The third-order valence-electron chi connectivity index (χ3n) is 3.23. The number of nitrogens with one attached hydrogen (secondary N) is 1. The SMILES string of the molecule is CCc1nccn1-c1c(F)cc(CNCC(C)C)cc1F. The van der Waals surface area contributed by atoms with Crippen LogP contribution in [0.2, 0.25) is 0 Å². The Morgan fingerprint density at radius 1 is 1.24 bits per heavy atom. The van der Waals surface area contributed by atoms with Crippen LogP contribution < -0.4 is 5.32 Å². The minimum Gasteiger partial charge on any atom is -0.312 e. The van der Waals surface area contributed by atoms with Gasteiger partial charge in [0.1, 0.15) is 11.5 Å². The average molecular weight is 293 g/mol. The molecular formula is C16H21F2N3. The second kappa shape index (κ2) is 6.80. The van der Waals surface area contributed by atoms with E-state index in [2.05, 4.69) is 24.1 Å². The molecule has 0 saturated heterocycles. The van der Waals surface area contributed by atoms with Gasteiger partial charge in [0.2, 0.25) is 0 Å². The van der Waals surface area contributed by atoms with E-state index < -0.39 is 11.6 Å². The summed E-state index contributed by atoms with van der Waals surface area (Å²) in [5.41, 5.74) is 0.546. The van der Waals surface area contributed by atoms with Gasteiger partial charge in [0.05, 0.1) is 0 Å². The predicted molar refractivity (Wildman–Crippen MR) is 79.4 cm³/mol. The molecule has 1 aromatic heterocycles. The minimum absolute atomic E-state index is 0.0584. The molecule has 0 atom stereocenters. The molecule has 0 spiro atoms. The number of benzene rings is 1. The third-order valence-corrected chi connectivity index (χ3v) is 3.23. The van der Waals surface area contributed by atoms with Crippen LogP contribution in [0.4, 0.5) is 8.78 Å². The topological polar surface area (TPSA) is 29.9 Å². The van der Waals surface area contributed by atoms with Crippen molar-refractivity contribution >= 4 is 0 Å². The summed E-state index contributed by atoms with van der Waals surface area (Å²) in [4.78, 5) is 4.10. The van der Waals surface area contributed by atoms with Gasteiger partial charge in [-0.25, -0.2) is 13.8 Å². The zero-order chi connectivity index (χ0) is 15.4. The minimum atomic E-state index is -0.566. The summed E-state index contributed by atoms with van der Waals surface area (Å²) >= 11 is 0. The Bertz CT molecular complexity index is 582. The van der Waals surface area contributed by atoms with E-state index in [4.69, 9.17) is 0 Å². The van der Waals surface area contributed by atoms with Gasteiger partial charge in [-0.1, -0.05) is 20.8 Å². The Balaban J connectivity index is 2.25. The monoisotopic (exact) mass is 293 g/mol. The number of aryl methyl sites for hydroxylation is 1. The van der Waals surface area contributed by atoms with Crippen LogP contribution in [0.1, 0.15) is 32.2 Å². The summed E-state index contributed by atoms with van der Waals surface area (Å²) in [5.74, 6) is 0.00334. The molecule has 0 bridgehead atoms. The van der Waals surface area contributed by atoms with Crippen molar-refractivity contribution in [2.45, 2.75) is 33.7 Å². The fourth-order valence-corrected chi connectivity index (χ4v) is 2.25. The van der Waals surface area contributed by atoms with Gasteiger partial charge in [-0.15, -0.1) is 0 Å². The van der Waals surface area contributed by atoms with E-state index in [0.29, 0.717) is 30.3 Å². The summed E-state index contributed by atoms with van der Waals surface area (Å²) in [6.45, 7) is 7.34. The first-order valence-electron chi connectivity index (χ1n) is 7.24. The second-order valence-electron chi connectivity index (χ2n) is 5.50. The number of aromatic nitrogens is 2. The Labute approximate surface area is 124 Å². The van der Waals surface area contributed by atoms with E-state index in [1.807, 2.05) is 6.92 Å². The van der Waals surface area contributed by atoms with E-state index in [9.17, 15) is 8.78 Å². The Morgan fingerprint density at radius 3 is 2.48 bits per heavy atom. The Kier molecular flexibility index (Phi) is 5.07. The number of imidazole rings is 1. The van der Waals surface area contributed by atoms with Crippen molar-refractivity contribution < 1.29 is 8.78 Å². The molecule has 0 saturated carbocycles. The van der Waals surface area contributed by atoms with Crippen LogP contribution in [0.25, 0.3) is 5.69 Å². The standard InChI is InChI=1S/C16H21F2N3/c1-4-15-20-5-6-21(15)16-13(17)7-12(8-14(16)18)10-19-9-11(2)3/h5-8,11,19H,4,9-10H2,1-3H3. The van der Waals surface area contributed by atoms with Gasteiger partial charge >= 0.3 is 0 Å². The fraction of sp³-hybridized carbons (Fsp3) is 0.438. The molecule has 0 aliphatic heterocycles. The fourth-order valence-electron chi connectivity index (χ4n) is 2.25. The third kappa shape index (κ3) is 3.67. The number of hydrogen-bond acceptors (Lipinski definition) is 2. The van der Waals surface area contributed by atoms with Crippen molar-refractivity contribution in [2.75, 3.05) is 6.54 Å². The molecule has 2 aromatic rings. The molecule has 0 aliphatic carbocycles. The maximum absolute atomic E-state index is 14.3. The maximum Gasteiger partial charge on any atom is 0.150 e. The Morgan fingerprint density at radius 2 is 1.90 bits per heavy atom. The van der Waals surface area contributed by atoms with Crippen LogP contribution >= 0.6 is 0 Å². The quantitative estimate of drug-likeness (QED) is 0.884. The number of hydrogen-bond donors (Lipinski definition) is 1. The second-order valence-corrected chi connectivity index (χ2v) is 5.50. The largest absolute Gasteiger partial charge is 0.312 e. The Hall–Kier alpha value is -1.75. The van der Waals surface area contributed by atoms with E-state index in [-0.39, 0.29) is 5.69 Å². The van der Waals surface area contributed by atoms with Crippen molar-refractivity contribution in [2.24, 2.45) is 5.92 Å². The van der Waals surface area contributed by atoms with Gasteiger partial charge < -0.3 is 5.32 Å². The first-order valence-corrected chi connectivity index (χ1v) is 7.24. The molecule has 3 nitrogen and oxygen atoms in total. The average Bonchev–Trinajstić information content (AvgIpc) is 2.85. The maximum atomic E-state index is 14.3. The van der Waals surface area contributed by atoms with Crippen LogP contribution in [0.15, 0.2) is 24.5 Å². The zero-order valence-electron chi connectivity index (χ0n) is 12.7. The predicted octanol–water partition coefficient (Wildman–Crippen LogP) is 3.46. The van der Waals surface area contributed by atoms with E-state index in [1.54, 1.807) is 12.4 Å². The lowest BCUT2D eigenvalue weighted by atomic mass is 10.1. The molecule has 21 heavy (non-hydrogen) atoms. The van der Waals surface area contributed by atoms with E-state index >= 15 is 0 Å². The lowest BCUT2D eigenvalue weighted by molar-refractivity contribution is 0.539. The molecule has 0 aliphatic rings. The summed E-state index contributed by atoms with van der Waals surface area (Å²) < 4.78 is 30.0. The lowest BCUT2D eigenvalue weighted by Gasteiger charge is -2.12. The normalized spacial score (nSPS) is 11.3. The van der Waals surface area contributed by atoms with Crippen molar-refractivity contribution in [1.82, 2.24) is 14.9 Å². The smallest absolute Gasteiger partial charge is 0.150 e. The number of rotatable bonds is 6. The van der Waals surface area contributed by atoms with E-state index in [1.165, 1.54) is 16.7 Å². The highest BCUT2D eigenvalue weighted by molar-refractivity contribution is 5.39.